The molecule has 2 aromatic rings. The first-order valence-corrected chi connectivity index (χ1v) is 7.72. The Kier molecular flexibility index (Phi) is 5.59. The standard InChI is InChI=1S/C19H23NO2/c1-14(2)16-7-9-17(10-8-16)19(22)20-13-3-4-15-5-11-18(21)12-6-15/h5-12,14,21H,3-4,13H2,1-2H3,(H,20,22). The van der Waals surface area contributed by atoms with Crippen molar-refractivity contribution in [1.82, 2.24) is 5.32 Å². The Balaban J connectivity index is 1.76. The summed E-state index contributed by atoms with van der Waals surface area (Å²) in [6, 6.07) is 15.0. The Bertz CT molecular complexity index is 600. The zero-order valence-electron chi connectivity index (χ0n) is 13.2. The van der Waals surface area contributed by atoms with E-state index in [1.807, 2.05) is 36.4 Å². The van der Waals surface area contributed by atoms with E-state index in [1.165, 1.54) is 5.56 Å². The van der Waals surface area contributed by atoms with Crippen LogP contribution >= 0.6 is 0 Å². The summed E-state index contributed by atoms with van der Waals surface area (Å²) >= 11 is 0. The topological polar surface area (TPSA) is 49.3 Å². The summed E-state index contributed by atoms with van der Waals surface area (Å²) in [6.45, 7) is 4.92. The van der Waals surface area contributed by atoms with Gasteiger partial charge in [0.1, 0.15) is 5.75 Å². The molecule has 0 aliphatic rings. The highest BCUT2D eigenvalue weighted by Gasteiger charge is 2.05. The lowest BCUT2D eigenvalue weighted by atomic mass is 10.0. The molecule has 1 amide bonds. The van der Waals surface area contributed by atoms with Crippen molar-refractivity contribution < 1.29 is 9.90 Å². The van der Waals surface area contributed by atoms with E-state index >= 15 is 0 Å². The molecule has 0 aliphatic heterocycles. The molecule has 116 valence electrons. The minimum absolute atomic E-state index is 0.0268. The van der Waals surface area contributed by atoms with Gasteiger partial charge in [-0.25, -0.2) is 0 Å². The van der Waals surface area contributed by atoms with Gasteiger partial charge in [-0.05, 0) is 54.2 Å². The molecule has 0 atom stereocenters. The van der Waals surface area contributed by atoms with Crippen LogP contribution in [0.1, 0.15) is 47.7 Å². The van der Waals surface area contributed by atoms with E-state index in [1.54, 1.807) is 12.1 Å². The first-order chi connectivity index (χ1) is 10.6. The molecule has 0 bridgehead atoms. The van der Waals surface area contributed by atoms with Gasteiger partial charge in [0.25, 0.3) is 5.91 Å². The maximum absolute atomic E-state index is 12.0. The van der Waals surface area contributed by atoms with Crippen LogP contribution in [-0.2, 0) is 6.42 Å². The van der Waals surface area contributed by atoms with Gasteiger partial charge in [0, 0.05) is 12.1 Å². The Morgan fingerprint density at radius 3 is 2.27 bits per heavy atom. The highest BCUT2D eigenvalue weighted by Crippen LogP contribution is 2.14. The van der Waals surface area contributed by atoms with Crippen LogP contribution in [0.15, 0.2) is 48.5 Å². The van der Waals surface area contributed by atoms with Crippen molar-refractivity contribution in [2.24, 2.45) is 0 Å². The summed E-state index contributed by atoms with van der Waals surface area (Å²) in [5, 5.41) is 12.2. The second-order valence-electron chi connectivity index (χ2n) is 5.80. The number of rotatable bonds is 6. The Morgan fingerprint density at radius 1 is 1.05 bits per heavy atom. The van der Waals surface area contributed by atoms with Gasteiger partial charge in [0.15, 0.2) is 0 Å². The van der Waals surface area contributed by atoms with Crippen molar-refractivity contribution >= 4 is 5.91 Å². The fraction of sp³-hybridized carbons (Fsp3) is 0.316. The van der Waals surface area contributed by atoms with Crippen LogP contribution in [0, 0.1) is 0 Å². The molecule has 0 fully saturated rings. The maximum atomic E-state index is 12.0. The van der Waals surface area contributed by atoms with Crippen LogP contribution in [0.5, 0.6) is 5.75 Å². The normalized spacial score (nSPS) is 10.7. The van der Waals surface area contributed by atoms with Gasteiger partial charge in [-0.1, -0.05) is 38.1 Å². The molecule has 2 aromatic carbocycles. The van der Waals surface area contributed by atoms with Gasteiger partial charge in [-0.2, -0.15) is 0 Å². The van der Waals surface area contributed by atoms with E-state index < -0.39 is 0 Å². The van der Waals surface area contributed by atoms with Crippen LogP contribution < -0.4 is 5.32 Å². The van der Waals surface area contributed by atoms with E-state index in [0.717, 1.165) is 18.4 Å². The summed E-state index contributed by atoms with van der Waals surface area (Å²) in [4.78, 5) is 12.0. The number of aromatic hydroxyl groups is 1. The maximum Gasteiger partial charge on any atom is 0.251 e. The van der Waals surface area contributed by atoms with E-state index in [2.05, 4.69) is 19.2 Å². The van der Waals surface area contributed by atoms with Gasteiger partial charge in [-0.15, -0.1) is 0 Å². The predicted octanol–water partition coefficient (Wildman–Crippen LogP) is 3.88. The molecular weight excluding hydrogens is 274 g/mol. The average Bonchev–Trinajstić information content (AvgIpc) is 2.53. The molecule has 0 unspecified atom stereocenters. The monoisotopic (exact) mass is 297 g/mol. The zero-order chi connectivity index (χ0) is 15.9. The van der Waals surface area contributed by atoms with Gasteiger partial charge in [-0.3, -0.25) is 4.79 Å². The Labute approximate surface area is 132 Å². The number of carbonyl (C=O) groups excluding carboxylic acids is 1. The van der Waals surface area contributed by atoms with Crippen molar-refractivity contribution in [1.29, 1.82) is 0 Å². The quantitative estimate of drug-likeness (QED) is 0.795. The summed E-state index contributed by atoms with van der Waals surface area (Å²) in [7, 11) is 0. The van der Waals surface area contributed by atoms with Crippen LogP contribution in [-0.4, -0.2) is 17.6 Å². The number of carbonyl (C=O) groups is 1. The molecule has 0 radical (unpaired) electrons. The van der Waals surface area contributed by atoms with E-state index in [0.29, 0.717) is 18.0 Å². The number of phenolic OH excluding ortho intramolecular Hbond substituents is 1. The van der Waals surface area contributed by atoms with Crippen LogP contribution in [0.25, 0.3) is 0 Å². The molecule has 22 heavy (non-hydrogen) atoms. The lowest BCUT2D eigenvalue weighted by Gasteiger charge is -2.08. The average molecular weight is 297 g/mol. The zero-order valence-corrected chi connectivity index (χ0v) is 13.2. The highest BCUT2D eigenvalue weighted by atomic mass is 16.3. The fourth-order valence-corrected chi connectivity index (χ4v) is 2.28. The Hall–Kier alpha value is -2.29. The number of hydrogen-bond donors (Lipinski definition) is 2. The molecule has 0 aliphatic carbocycles. The molecule has 2 N–H and O–H groups in total. The first-order valence-electron chi connectivity index (χ1n) is 7.72. The Morgan fingerprint density at radius 2 is 1.68 bits per heavy atom. The summed E-state index contributed by atoms with van der Waals surface area (Å²) in [5.41, 5.74) is 3.10. The molecular formula is C19H23NO2. The lowest BCUT2D eigenvalue weighted by Crippen LogP contribution is -2.24. The first kappa shape index (κ1) is 16.1. The number of aryl methyl sites for hydroxylation is 1. The largest absolute Gasteiger partial charge is 0.508 e. The second kappa shape index (κ2) is 7.64. The smallest absolute Gasteiger partial charge is 0.251 e. The molecule has 2 rings (SSSR count). The lowest BCUT2D eigenvalue weighted by molar-refractivity contribution is 0.0953. The number of hydrogen-bond acceptors (Lipinski definition) is 2. The van der Waals surface area contributed by atoms with Gasteiger partial charge < -0.3 is 10.4 Å². The van der Waals surface area contributed by atoms with E-state index in [4.69, 9.17) is 0 Å². The number of benzene rings is 2. The highest BCUT2D eigenvalue weighted by molar-refractivity contribution is 5.94. The number of nitrogens with one attached hydrogen (secondary N) is 1. The third-order valence-electron chi connectivity index (χ3n) is 3.70. The molecule has 0 spiro atoms. The van der Waals surface area contributed by atoms with Crippen molar-refractivity contribution in [2.75, 3.05) is 6.54 Å². The van der Waals surface area contributed by atoms with Crippen molar-refractivity contribution in [2.45, 2.75) is 32.6 Å². The van der Waals surface area contributed by atoms with Crippen LogP contribution in [0.4, 0.5) is 0 Å². The van der Waals surface area contributed by atoms with Gasteiger partial charge in [0.05, 0.1) is 0 Å². The fourth-order valence-electron chi connectivity index (χ4n) is 2.28. The number of phenols is 1. The van der Waals surface area contributed by atoms with E-state index in [-0.39, 0.29) is 11.7 Å². The molecule has 0 heterocycles. The third kappa shape index (κ3) is 4.62. The molecule has 3 nitrogen and oxygen atoms in total. The summed E-state index contributed by atoms with van der Waals surface area (Å²) in [6.07, 6.45) is 1.76. The van der Waals surface area contributed by atoms with Gasteiger partial charge in [0.2, 0.25) is 0 Å². The molecule has 3 heteroatoms. The summed E-state index contributed by atoms with van der Waals surface area (Å²) in [5.74, 6) is 0.727. The van der Waals surface area contributed by atoms with Gasteiger partial charge >= 0.3 is 0 Å². The summed E-state index contributed by atoms with van der Waals surface area (Å²) < 4.78 is 0. The number of amides is 1. The predicted molar refractivity (Wildman–Crippen MR) is 89.3 cm³/mol. The minimum Gasteiger partial charge on any atom is -0.508 e. The van der Waals surface area contributed by atoms with Crippen molar-refractivity contribution in [3.8, 4) is 5.75 Å². The minimum atomic E-state index is -0.0268. The van der Waals surface area contributed by atoms with Crippen molar-refractivity contribution in [3.05, 3.63) is 65.2 Å². The van der Waals surface area contributed by atoms with Crippen LogP contribution in [0.3, 0.4) is 0 Å². The van der Waals surface area contributed by atoms with Crippen molar-refractivity contribution in [3.63, 3.8) is 0 Å². The third-order valence-corrected chi connectivity index (χ3v) is 3.70. The molecule has 0 saturated heterocycles. The van der Waals surface area contributed by atoms with E-state index in [9.17, 15) is 9.90 Å². The molecule has 0 saturated carbocycles. The second-order valence-corrected chi connectivity index (χ2v) is 5.80. The SMILES string of the molecule is CC(C)c1ccc(C(=O)NCCCc2ccc(O)cc2)cc1. The molecule has 0 aromatic heterocycles. The van der Waals surface area contributed by atoms with Crippen LogP contribution in [0.2, 0.25) is 0 Å².